The van der Waals surface area contributed by atoms with Crippen LogP contribution < -0.4 is 33.6 Å². The van der Waals surface area contributed by atoms with Crippen LogP contribution in [0.25, 0.3) is 16.7 Å². The van der Waals surface area contributed by atoms with Crippen molar-refractivity contribution in [3.05, 3.63) is 215 Å². The minimum Gasteiger partial charge on any atom is -0.478 e. The number of nitrogens with two attached hydrogens (primary N) is 1. The number of primary sulfonamides is 1. The molecule has 0 spiro atoms. The van der Waals surface area contributed by atoms with Crippen molar-refractivity contribution >= 4 is 92.2 Å². The molecule has 0 aliphatic heterocycles. The minimum absolute atomic E-state index is 0. The van der Waals surface area contributed by atoms with Gasteiger partial charge in [0.2, 0.25) is 28.7 Å². The Morgan fingerprint density at radius 3 is 1.21 bits per heavy atom. The SMILES string of the molecule is C.C.C/C(=N\NS(=O)(=O)c1ccc(C)cc1)C(F)(F)F.C=C(C)c1ccc(F)cc1OC1(C(=O)O)CC1.C=C(C)c1ccc(F)cc1OC1(C(=O)OC(C)(C)C)CC1.C=C(c1ccc(F)cc1OC1(C(=O)NS(=O)(=O)c2cccc(F)n2)CC1)C(F)(F)F.CC(C)(C)OC(=O)C1(Oc2cc(F)ccc2Br)CC1.NS(=O)(=O)c1cccc(F)n1. The highest BCUT2D eigenvalue weighted by atomic mass is 79.9. The number of nitrogens with one attached hydrogen (secondary N) is 2. The molecule has 39 heteroatoms. The van der Waals surface area contributed by atoms with Crippen LogP contribution in [-0.2, 0) is 58.7 Å². The zero-order valence-electron chi connectivity index (χ0n) is 63.5. The summed E-state index contributed by atoms with van der Waals surface area (Å²) in [5.41, 5.74) is -5.63. The highest BCUT2D eigenvalue weighted by Crippen LogP contribution is 2.48. The number of esters is 2. The van der Waals surface area contributed by atoms with Gasteiger partial charge in [0.15, 0.2) is 15.7 Å². The zero-order valence-corrected chi connectivity index (χ0v) is 67.6. The molecule has 644 valence electrons. The number of hydrazone groups is 1. The summed E-state index contributed by atoms with van der Waals surface area (Å²) >= 11 is 3.28. The molecule has 5 aromatic carbocycles. The van der Waals surface area contributed by atoms with Gasteiger partial charge in [0.05, 0.1) is 14.9 Å². The van der Waals surface area contributed by atoms with E-state index in [1.807, 2.05) is 27.7 Å². The molecule has 0 saturated heterocycles. The third-order valence-corrected chi connectivity index (χ3v) is 19.9. The van der Waals surface area contributed by atoms with E-state index in [1.54, 1.807) is 62.4 Å². The van der Waals surface area contributed by atoms with E-state index in [4.69, 9.17) is 33.5 Å². The number of hydrogen-bond donors (Lipinski definition) is 4. The van der Waals surface area contributed by atoms with Crippen molar-refractivity contribution < 1.29 is 131 Å². The molecule has 0 atom stereocenters. The number of aromatic nitrogens is 2. The molecule has 2 heterocycles. The lowest BCUT2D eigenvalue weighted by molar-refractivity contribution is -0.166. The summed E-state index contributed by atoms with van der Waals surface area (Å²) in [7, 11) is -12.5. The number of alkyl halides is 6. The molecule has 4 saturated carbocycles. The number of nitrogens with zero attached hydrogens (tertiary/aromatic N) is 3. The van der Waals surface area contributed by atoms with E-state index in [-0.39, 0.29) is 38.3 Å². The van der Waals surface area contributed by atoms with Crippen molar-refractivity contribution in [1.29, 1.82) is 0 Å². The highest BCUT2D eigenvalue weighted by Gasteiger charge is 2.58. The minimum atomic E-state index is -4.85. The third-order valence-electron chi connectivity index (χ3n) is 15.9. The van der Waals surface area contributed by atoms with Crippen LogP contribution in [-0.4, -0.2) is 116 Å². The number of pyridine rings is 2. The van der Waals surface area contributed by atoms with Gasteiger partial charge in [-0.25, -0.2) is 60.2 Å². The number of carbonyl (C=O) groups is 4. The fourth-order valence-corrected chi connectivity index (χ4v) is 11.9. The monoisotopic (exact) mass is 1790 g/mol. The average Bonchev–Trinajstić information content (AvgIpc) is 1.61. The maximum atomic E-state index is 13.6. The fourth-order valence-electron chi connectivity index (χ4n) is 9.19. The Morgan fingerprint density at radius 2 is 0.856 bits per heavy atom. The third kappa shape index (κ3) is 29.3. The van der Waals surface area contributed by atoms with E-state index in [2.05, 4.69) is 55.9 Å². The maximum absolute atomic E-state index is 13.6. The topological polar surface area (TPSA) is 335 Å². The summed E-state index contributed by atoms with van der Waals surface area (Å²) in [6, 6.07) is 26.6. The Morgan fingerprint density at radius 1 is 0.500 bits per heavy atom. The molecule has 4 fully saturated rings. The van der Waals surface area contributed by atoms with Gasteiger partial charge < -0.3 is 33.5 Å². The Labute approximate surface area is 683 Å². The molecule has 23 nitrogen and oxygen atoms in total. The summed E-state index contributed by atoms with van der Waals surface area (Å²) in [6.45, 7) is 27.4. The molecule has 5 N–H and O–H groups in total. The van der Waals surface area contributed by atoms with Crippen LogP contribution in [0.2, 0.25) is 0 Å². The van der Waals surface area contributed by atoms with Crippen LogP contribution in [0, 0.1) is 42.1 Å². The second-order valence-electron chi connectivity index (χ2n) is 28.4. The van der Waals surface area contributed by atoms with E-state index in [0.29, 0.717) is 84.2 Å². The highest BCUT2D eigenvalue weighted by molar-refractivity contribution is 9.10. The van der Waals surface area contributed by atoms with Gasteiger partial charge in [0.1, 0.15) is 63.2 Å². The van der Waals surface area contributed by atoms with E-state index < -0.39 is 168 Å². The van der Waals surface area contributed by atoms with E-state index in [1.165, 1.54) is 66.7 Å². The Balaban J connectivity index is 0.000000303. The molecule has 11 rings (SSSR count). The molecule has 4 aliphatic rings. The summed E-state index contributed by atoms with van der Waals surface area (Å²) in [5.74, 6) is -6.87. The number of ether oxygens (including phenoxy) is 6. The molecule has 0 radical (unpaired) electrons. The first kappa shape index (κ1) is 100.0. The Hall–Kier alpha value is -10.4. The van der Waals surface area contributed by atoms with Crippen molar-refractivity contribution in [2.45, 2.75) is 196 Å². The number of sulfonamides is 3. The lowest BCUT2D eigenvalue weighted by atomic mass is 10.1. The van der Waals surface area contributed by atoms with Crippen LogP contribution in [0.3, 0.4) is 0 Å². The van der Waals surface area contributed by atoms with Gasteiger partial charge in [-0.1, -0.05) is 64.4 Å². The lowest BCUT2D eigenvalue weighted by Crippen LogP contribution is -2.43. The summed E-state index contributed by atoms with van der Waals surface area (Å²) in [6.07, 6.45) is -6.35. The number of aliphatic carboxylic acids is 1. The van der Waals surface area contributed by atoms with Crippen molar-refractivity contribution in [1.82, 2.24) is 19.5 Å². The molecule has 0 bridgehead atoms. The predicted molar refractivity (Wildman–Crippen MR) is 417 cm³/mol. The van der Waals surface area contributed by atoms with Crippen LogP contribution in [0.15, 0.2) is 178 Å². The summed E-state index contributed by atoms with van der Waals surface area (Å²) in [4.78, 5) is 55.5. The number of rotatable bonds is 21. The van der Waals surface area contributed by atoms with Crippen molar-refractivity contribution in [3.63, 3.8) is 0 Å². The quantitative estimate of drug-likeness (QED) is 0.0171. The van der Waals surface area contributed by atoms with Gasteiger partial charge in [0.25, 0.3) is 36.0 Å². The zero-order chi connectivity index (χ0) is 87.5. The van der Waals surface area contributed by atoms with Gasteiger partial charge >= 0.3 is 30.3 Å². The number of carboxylic acid groups (broad SMARTS) is 1. The first-order valence-corrected chi connectivity index (χ1v) is 39.5. The van der Waals surface area contributed by atoms with Gasteiger partial charge in [0, 0.05) is 92.3 Å². The molecule has 118 heavy (non-hydrogen) atoms. The molecule has 2 aromatic heterocycles. The predicted octanol–water partition coefficient (Wildman–Crippen LogP) is 17.5. The number of benzene rings is 5. The lowest BCUT2D eigenvalue weighted by Gasteiger charge is -2.25. The van der Waals surface area contributed by atoms with E-state index in [0.717, 1.165) is 53.6 Å². The molecular weight excluding hydrogens is 1710 g/mol. The van der Waals surface area contributed by atoms with Gasteiger partial charge in [-0.2, -0.15) is 61.9 Å². The Bertz CT molecular complexity index is 5260. The fraction of sp³-hybridized carbons (Fsp3) is 0.354. The normalized spacial score (nSPS) is 15.0. The van der Waals surface area contributed by atoms with Crippen LogP contribution >= 0.6 is 15.9 Å². The van der Waals surface area contributed by atoms with Gasteiger partial charge in [-0.05, 0) is 181 Å². The van der Waals surface area contributed by atoms with Crippen molar-refractivity contribution in [2.75, 3.05) is 0 Å². The van der Waals surface area contributed by atoms with Crippen LogP contribution in [0.5, 0.6) is 23.0 Å². The number of hydrogen-bond acceptors (Lipinski definition) is 19. The van der Waals surface area contributed by atoms with Crippen LogP contribution in [0.4, 0.5) is 52.7 Å². The number of carboxylic acids is 1. The van der Waals surface area contributed by atoms with Crippen molar-refractivity contribution in [3.8, 4) is 23.0 Å². The average molecular weight is 1800 g/mol. The largest absolute Gasteiger partial charge is 0.478 e. The smallest absolute Gasteiger partial charge is 0.430 e. The van der Waals surface area contributed by atoms with Gasteiger partial charge in [-0.3, -0.25) is 4.79 Å². The van der Waals surface area contributed by atoms with Gasteiger partial charge in [-0.15, -0.1) is 0 Å². The number of amides is 1. The van der Waals surface area contributed by atoms with Crippen LogP contribution in [0.1, 0.15) is 151 Å². The molecule has 1 amide bonds. The second-order valence-corrected chi connectivity index (χ2v) is 34.1. The Kier molecular flexibility index (Phi) is 33.0. The first-order valence-electron chi connectivity index (χ1n) is 34.2. The van der Waals surface area contributed by atoms with E-state index >= 15 is 0 Å². The van der Waals surface area contributed by atoms with E-state index in [9.17, 15) is 97.1 Å². The number of allylic oxidation sites excluding steroid dienone is 3. The number of aryl methyl sites for hydroxylation is 1. The summed E-state index contributed by atoms with van der Waals surface area (Å²) in [5, 5.41) is 15.3. The standard InChI is InChI=1S/C18H13F5N2O4S.C17H21FO3.C14H16BrFO3.C13H13FO3.C10H11F3N2O2S.C5H5FN2O2S.2CH4/c1-10(18(21,22)23)12-6-5-11(19)9-13(12)29-17(7-8-17)16(26)25-30(27,28)15-4-2-3-14(20)24-15;1-11(2)13-7-6-12(18)10-14(13)20-17(8-9-17)15(19)21-16(3,4)5;1-13(2,3)19-12(17)14(6-7-14)18-11-8-9(16)4-5-10(11)15;1-8(2)10-4-3-9(14)7-11(10)17-13(5-6-13)12(15)16;1-7-3-5-9(6-4-7)18(16,17)15-14-8(2)10(11,12)13;6-4-2-1-3-5(8-4)11(7,9)10;;/h2-6,9H,1,7-8H2,(H,25,26);6-7,10H,1,8-9H2,2-5H3;4-5,8H,6-7H2,1-3H3;3-4,7H,1,5-6H2,2H3,(H,15,16);3-6,15H,1-2H3;1-3H,(H2,7,9,10);2*1H4/b;;;;14-8+;;;. The molecule has 0 unspecified atom stereocenters. The second kappa shape index (κ2) is 39.0. The summed E-state index contributed by atoms with van der Waals surface area (Å²) < 4.78 is 258. The molecule has 7 aromatic rings. The maximum Gasteiger partial charge on any atom is 0.430 e. The van der Waals surface area contributed by atoms with Crippen molar-refractivity contribution in [2.24, 2.45) is 10.2 Å². The molecular formula is C79H87BrF12N6O17S3. The first-order chi connectivity index (χ1) is 53.3. The number of carbonyl (C=O) groups excluding carboxylic acids is 3. The number of halogens is 13. The molecule has 4 aliphatic carbocycles.